The molecule has 0 spiro atoms. The van der Waals surface area contributed by atoms with E-state index in [0.717, 1.165) is 31.5 Å². The SMILES string of the molecule is COc1ccc(CNC(=O)C2CCNCC2)cc1Cl. The standard InChI is InChI=1S/C14H19ClN2O2/c1-19-13-3-2-10(8-12(13)15)9-17-14(18)11-4-6-16-7-5-11/h2-3,8,11,16H,4-7,9H2,1H3,(H,17,18). The fourth-order valence-electron chi connectivity index (χ4n) is 2.24. The van der Waals surface area contributed by atoms with Gasteiger partial charge in [0.25, 0.3) is 0 Å². The van der Waals surface area contributed by atoms with Gasteiger partial charge in [-0.2, -0.15) is 0 Å². The van der Waals surface area contributed by atoms with Crippen molar-refractivity contribution in [3.05, 3.63) is 28.8 Å². The third-order valence-corrected chi connectivity index (χ3v) is 3.69. The minimum Gasteiger partial charge on any atom is -0.495 e. The van der Waals surface area contributed by atoms with Gasteiger partial charge < -0.3 is 15.4 Å². The van der Waals surface area contributed by atoms with Gasteiger partial charge in [-0.05, 0) is 43.6 Å². The zero-order valence-electron chi connectivity index (χ0n) is 11.0. The molecule has 0 aromatic heterocycles. The number of halogens is 1. The fraction of sp³-hybridized carbons (Fsp3) is 0.500. The lowest BCUT2D eigenvalue weighted by Crippen LogP contribution is -2.37. The lowest BCUT2D eigenvalue weighted by Gasteiger charge is -2.21. The molecule has 2 N–H and O–H groups in total. The van der Waals surface area contributed by atoms with E-state index >= 15 is 0 Å². The Morgan fingerprint density at radius 3 is 2.84 bits per heavy atom. The first kappa shape index (κ1) is 14.2. The topological polar surface area (TPSA) is 50.4 Å². The Morgan fingerprint density at radius 2 is 2.21 bits per heavy atom. The molecule has 1 heterocycles. The average Bonchev–Trinajstić information content (AvgIpc) is 2.46. The van der Waals surface area contributed by atoms with Crippen LogP contribution in [-0.2, 0) is 11.3 Å². The second kappa shape index (κ2) is 6.78. The molecule has 0 unspecified atom stereocenters. The summed E-state index contributed by atoms with van der Waals surface area (Å²) in [6.07, 6.45) is 1.82. The monoisotopic (exact) mass is 282 g/mol. The Labute approximate surface area is 118 Å². The second-order valence-electron chi connectivity index (χ2n) is 4.71. The molecule has 2 rings (SSSR count). The number of carbonyl (C=O) groups excluding carboxylic acids is 1. The van der Waals surface area contributed by atoms with Crippen molar-refractivity contribution in [2.75, 3.05) is 20.2 Å². The van der Waals surface area contributed by atoms with E-state index in [4.69, 9.17) is 16.3 Å². The van der Waals surface area contributed by atoms with Gasteiger partial charge in [-0.15, -0.1) is 0 Å². The first-order valence-electron chi connectivity index (χ1n) is 6.51. The number of piperidine rings is 1. The van der Waals surface area contributed by atoms with Crippen LogP contribution < -0.4 is 15.4 Å². The highest BCUT2D eigenvalue weighted by molar-refractivity contribution is 6.32. The largest absolute Gasteiger partial charge is 0.495 e. The van der Waals surface area contributed by atoms with Gasteiger partial charge in [0, 0.05) is 12.5 Å². The van der Waals surface area contributed by atoms with Crippen molar-refractivity contribution in [2.24, 2.45) is 5.92 Å². The maximum Gasteiger partial charge on any atom is 0.223 e. The van der Waals surface area contributed by atoms with E-state index < -0.39 is 0 Å². The van der Waals surface area contributed by atoms with E-state index in [0.29, 0.717) is 17.3 Å². The normalized spacial score (nSPS) is 16.1. The lowest BCUT2D eigenvalue weighted by molar-refractivity contribution is -0.125. The maximum atomic E-state index is 12.0. The van der Waals surface area contributed by atoms with Gasteiger partial charge in [-0.25, -0.2) is 0 Å². The summed E-state index contributed by atoms with van der Waals surface area (Å²) in [5.74, 6) is 0.915. The molecule has 1 fully saturated rings. The van der Waals surface area contributed by atoms with Crippen LogP contribution in [0.2, 0.25) is 5.02 Å². The Bertz CT molecular complexity index is 445. The molecule has 19 heavy (non-hydrogen) atoms. The van der Waals surface area contributed by atoms with Crippen LogP contribution in [0.3, 0.4) is 0 Å². The van der Waals surface area contributed by atoms with Crippen molar-refractivity contribution < 1.29 is 9.53 Å². The second-order valence-corrected chi connectivity index (χ2v) is 5.12. The van der Waals surface area contributed by atoms with E-state index in [9.17, 15) is 4.79 Å². The highest BCUT2D eigenvalue weighted by Gasteiger charge is 2.20. The number of benzene rings is 1. The number of amides is 1. The van der Waals surface area contributed by atoms with Crippen LogP contribution in [0, 0.1) is 5.92 Å². The van der Waals surface area contributed by atoms with E-state index in [1.54, 1.807) is 7.11 Å². The predicted molar refractivity (Wildman–Crippen MR) is 75.4 cm³/mol. The summed E-state index contributed by atoms with van der Waals surface area (Å²) >= 11 is 6.05. The van der Waals surface area contributed by atoms with Crippen molar-refractivity contribution in [1.82, 2.24) is 10.6 Å². The van der Waals surface area contributed by atoms with Crippen molar-refractivity contribution in [3.8, 4) is 5.75 Å². The number of carbonyl (C=O) groups is 1. The van der Waals surface area contributed by atoms with Gasteiger partial charge in [0.1, 0.15) is 5.75 Å². The molecule has 1 aliphatic rings. The zero-order valence-corrected chi connectivity index (χ0v) is 11.8. The van der Waals surface area contributed by atoms with Crippen molar-refractivity contribution in [2.45, 2.75) is 19.4 Å². The minimum absolute atomic E-state index is 0.133. The van der Waals surface area contributed by atoms with Crippen LogP contribution in [0.15, 0.2) is 18.2 Å². The quantitative estimate of drug-likeness (QED) is 0.888. The predicted octanol–water partition coefficient (Wildman–Crippen LogP) is 1.96. The molecular formula is C14H19ClN2O2. The summed E-state index contributed by atoms with van der Waals surface area (Å²) in [6, 6.07) is 5.55. The van der Waals surface area contributed by atoms with E-state index in [1.165, 1.54) is 0 Å². The third-order valence-electron chi connectivity index (χ3n) is 3.39. The molecule has 0 radical (unpaired) electrons. The summed E-state index contributed by atoms with van der Waals surface area (Å²) in [5, 5.41) is 6.79. The number of methoxy groups -OCH3 is 1. The van der Waals surface area contributed by atoms with E-state index in [1.807, 2.05) is 18.2 Å². The van der Waals surface area contributed by atoms with Gasteiger partial charge in [-0.1, -0.05) is 17.7 Å². The van der Waals surface area contributed by atoms with Crippen LogP contribution >= 0.6 is 11.6 Å². The van der Waals surface area contributed by atoms with Crippen LogP contribution in [-0.4, -0.2) is 26.1 Å². The highest BCUT2D eigenvalue weighted by Crippen LogP contribution is 2.24. The summed E-state index contributed by atoms with van der Waals surface area (Å²) in [4.78, 5) is 12.0. The number of hydrogen-bond donors (Lipinski definition) is 2. The molecule has 4 nitrogen and oxygen atoms in total. The first-order valence-corrected chi connectivity index (χ1v) is 6.89. The van der Waals surface area contributed by atoms with Crippen LogP contribution in [0.5, 0.6) is 5.75 Å². The molecule has 0 atom stereocenters. The van der Waals surface area contributed by atoms with Gasteiger partial charge >= 0.3 is 0 Å². The molecule has 5 heteroatoms. The van der Waals surface area contributed by atoms with Crippen LogP contribution in [0.25, 0.3) is 0 Å². The summed E-state index contributed by atoms with van der Waals surface area (Å²) < 4.78 is 5.09. The number of rotatable bonds is 4. The summed E-state index contributed by atoms with van der Waals surface area (Å²) in [7, 11) is 1.58. The minimum atomic E-state index is 0.133. The molecular weight excluding hydrogens is 264 g/mol. The molecule has 1 saturated heterocycles. The number of ether oxygens (including phenoxy) is 1. The molecule has 1 aliphatic heterocycles. The van der Waals surface area contributed by atoms with Gasteiger partial charge in [-0.3, -0.25) is 4.79 Å². The average molecular weight is 283 g/mol. The summed E-state index contributed by atoms with van der Waals surface area (Å²) in [6.45, 7) is 2.35. The molecule has 1 aromatic carbocycles. The molecule has 104 valence electrons. The summed E-state index contributed by atoms with van der Waals surface area (Å²) in [5.41, 5.74) is 0.980. The highest BCUT2D eigenvalue weighted by atomic mass is 35.5. The van der Waals surface area contributed by atoms with Crippen molar-refractivity contribution >= 4 is 17.5 Å². The molecule has 1 amide bonds. The van der Waals surface area contributed by atoms with Crippen LogP contribution in [0.4, 0.5) is 0 Å². The van der Waals surface area contributed by atoms with E-state index in [2.05, 4.69) is 10.6 Å². The van der Waals surface area contributed by atoms with Gasteiger partial charge in [0.2, 0.25) is 5.91 Å². The first-order chi connectivity index (χ1) is 9.20. The number of nitrogens with one attached hydrogen (secondary N) is 2. The molecule has 0 saturated carbocycles. The molecule has 0 bridgehead atoms. The van der Waals surface area contributed by atoms with Crippen LogP contribution in [0.1, 0.15) is 18.4 Å². The smallest absolute Gasteiger partial charge is 0.223 e. The number of hydrogen-bond acceptors (Lipinski definition) is 3. The van der Waals surface area contributed by atoms with Crippen molar-refractivity contribution in [1.29, 1.82) is 0 Å². The third kappa shape index (κ3) is 3.85. The Hall–Kier alpha value is -1.26. The lowest BCUT2D eigenvalue weighted by atomic mass is 9.97. The Morgan fingerprint density at radius 1 is 1.47 bits per heavy atom. The van der Waals surface area contributed by atoms with Crippen molar-refractivity contribution in [3.63, 3.8) is 0 Å². The Balaban J connectivity index is 1.87. The molecule has 0 aliphatic carbocycles. The zero-order chi connectivity index (χ0) is 13.7. The maximum absolute atomic E-state index is 12.0. The van der Waals surface area contributed by atoms with E-state index in [-0.39, 0.29) is 11.8 Å². The van der Waals surface area contributed by atoms with Gasteiger partial charge in [0.15, 0.2) is 0 Å². The fourth-order valence-corrected chi connectivity index (χ4v) is 2.52. The molecule has 1 aromatic rings. The Kier molecular flexibility index (Phi) is 5.05. The van der Waals surface area contributed by atoms with Gasteiger partial charge in [0.05, 0.1) is 12.1 Å².